The zero-order chi connectivity index (χ0) is 24.1. The number of amides is 4. The highest BCUT2D eigenvalue weighted by molar-refractivity contribution is 5.97. The van der Waals surface area contributed by atoms with Crippen LogP contribution in [0.5, 0.6) is 0 Å². The number of benzene rings is 1. The Balaban J connectivity index is 1.31. The van der Waals surface area contributed by atoms with E-state index < -0.39 is 17.8 Å². The van der Waals surface area contributed by atoms with Gasteiger partial charge >= 0.3 is 0 Å². The van der Waals surface area contributed by atoms with Crippen LogP contribution in [0.4, 0.5) is 10.1 Å². The number of nitrogens with zero attached hydrogens (tertiary/aromatic N) is 3. The molecule has 4 rings (SSSR count). The van der Waals surface area contributed by atoms with Crippen molar-refractivity contribution in [2.24, 2.45) is 0 Å². The third kappa shape index (κ3) is 5.60. The molecule has 11 heteroatoms. The molecule has 2 aliphatic rings. The topological polar surface area (TPSA) is 115 Å². The van der Waals surface area contributed by atoms with Crippen LogP contribution in [-0.4, -0.2) is 90.2 Å². The Morgan fingerprint density at radius 3 is 2.47 bits per heavy atom. The summed E-state index contributed by atoms with van der Waals surface area (Å²) >= 11 is 0. The van der Waals surface area contributed by atoms with Crippen molar-refractivity contribution in [2.45, 2.75) is 12.5 Å². The Bertz CT molecular complexity index is 1030. The predicted molar refractivity (Wildman–Crippen MR) is 119 cm³/mol. The molecule has 1 unspecified atom stereocenters. The van der Waals surface area contributed by atoms with Crippen molar-refractivity contribution < 1.29 is 28.0 Å². The van der Waals surface area contributed by atoms with Crippen molar-refractivity contribution in [1.82, 2.24) is 20.0 Å². The smallest absolute Gasteiger partial charge is 0.289 e. The number of hydrogen-bond acceptors (Lipinski definition) is 6. The lowest BCUT2D eigenvalue weighted by Crippen LogP contribution is -2.60. The van der Waals surface area contributed by atoms with Crippen molar-refractivity contribution in [3.05, 3.63) is 54.2 Å². The molecule has 0 spiro atoms. The van der Waals surface area contributed by atoms with Gasteiger partial charge in [0.15, 0.2) is 5.76 Å². The molecule has 0 saturated carbocycles. The highest BCUT2D eigenvalue weighted by atomic mass is 19.1. The lowest BCUT2D eigenvalue weighted by atomic mass is 10.1. The Morgan fingerprint density at radius 1 is 1.06 bits per heavy atom. The van der Waals surface area contributed by atoms with E-state index in [2.05, 4.69) is 10.6 Å². The monoisotopic (exact) mass is 471 g/mol. The summed E-state index contributed by atoms with van der Waals surface area (Å²) in [5, 5.41) is 5.33. The van der Waals surface area contributed by atoms with E-state index in [0.717, 1.165) is 0 Å². The van der Waals surface area contributed by atoms with Crippen LogP contribution in [0.2, 0.25) is 0 Å². The van der Waals surface area contributed by atoms with E-state index in [1.54, 1.807) is 17.0 Å². The normalized spacial score (nSPS) is 19.0. The molecule has 34 heavy (non-hydrogen) atoms. The van der Waals surface area contributed by atoms with Gasteiger partial charge in [-0.2, -0.15) is 0 Å². The standard InChI is InChI=1S/C23H26FN5O5/c24-16-3-5-17(6-4-16)26-20(30)14-18-22(32)25-7-8-29(18)21(31)15-27-9-11-28(12-10-27)23(33)19-2-1-13-34-19/h1-6,13,18H,7-12,14-15H2,(H,25,32)(H,26,30). The molecular formula is C23H26FN5O5. The van der Waals surface area contributed by atoms with Gasteiger partial charge in [-0.25, -0.2) is 4.39 Å². The summed E-state index contributed by atoms with van der Waals surface area (Å²) in [6.45, 7) is 2.63. The largest absolute Gasteiger partial charge is 0.459 e. The molecule has 1 atom stereocenters. The molecule has 3 heterocycles. The van der Waals surface area contributed by atoms with Crippen molar-refractivity contribution >= 4 is 29.3 Å². The summed E-state index contributed by atoms with van der Waals surface area (Å²) in [6, 6.07) is 7.64. The molecule has 0 radical (unpaired) electrons. The minimum atomic E-state index is -0.927. The van der Waals surface area contributed by atoms with E-state index in [4.69, 9.17) is 4.42 Å². The predicted octanol–water partition coefficient (Wildman–Crippen LogP) is 0.532. The fourth-order valence-corrected chi connectivity index (χ4v) is 4.08. The summed E-state index contributed by atoms with van der Waals surface area (Å²) in [4.78, 5) is 55.4. The van der Waals surface area contributed by atoms with E-state index >= 15 is 0 Å². The number of rotatable bonds is 6. The highest BCUT2D eigenvalue weighted by Crippen LogP contribution is 2.15. The molecule has 0 aliphatic carbocycles. The van der Waals surface area contributed by atoms with Crippen LogP contribution < -0.4 is 10.6 Å². The van der Waals surface area contributed by atoms with E-state index in [-0.39, 0.29) is 36.4 Å². The lowest BCUT2D eigenvalue weighted by Gasteiger charge is -2.38. The van der Waals surface area contributed by atoms with Crippen molar-refractivity contribution in [2.75, 3.05) is 51.1 Å². The second kappa shape index (κ2) is 10.5. The first-order chi connectivity index (χ1) is 16.4. The van der Waals surface area contributed by atoms with Crippen LogP contribution in [0, 0.1) is 5.82 Å². The van der Waals surface area contributed by atoms with Gasteiger partial charge in [0.05, 0.1) is 19.2 Å². The molecule has 10 nitrogen and oxygen atoms in total. The molecule has 2 aliphatic heterocycles. The van der Waals surface area contributed by atoms with Crippen LogP contribution >= 0.6 is 0 Å². The summed E-state index contributed by atoms with van der Waals surface area (Å²) in [7, 11) is 0. The first-order valence-corrected chi connectivity index (χ1v) is 11.1. The molecule has 4 amide bonds. The zero-order valence-corrected chi connectivity index (χ0v) is 18.5. The third-order valence-corrected chi connectivity index (χ3v) is 5.91. The minimum Gasteiger partial charge on any atom is -0.459 e. The highest BCUT2D eigenvalue weighted by Gasteiger charge is 2.35. The van der Waals surface area contributed by atoms with Crippen molar-refractivity contribution in [1.29, 1.82) is 0 Å². The Morgan fingerprint density at radius 2 is 1.79 bits per heavy atom. The van der Waals surface area contributed by atoms with Gasteiger partial charge < -0.3 is 24.9 Å². The quantitative estimate of drug-likeness (QED) is 0.635. The van der Waals surface area contributed by atoms with Gasteiger partial charge in [-0.05, 0) is 36.4 Å². The Labute approximate surface area is 195 Å². The second-order valence-electron chi connectivity index (χ2n) is 8.20. The molecule has 2 saturated heterocycles. The number of carbonyl (C=O) groups is 4. The summed E-state index contributed by atoms with van der Waals surface area (Å²) in [5.41, 5.74) is 0.405. The van der Waals surface area contributed by atoms with E-state index in [9.17, 15) is 23.6 Å². The third-order valence-electron chi connectivity index (χ3n) is 5.91. The number of halogens is 1. The molecule has 2 fully saturated rings. The number of piperazine rings is 2. The van der Waals surface area contributed by atoms with Crippen LogP contribution in [0.15, 0.2) is 47.1 Å². The van der Waals surface area contributed by atoms with E-state index in [1.165, 1.54) is 35.4 Å². The molecular weight excluding hydrogens is 445 g/mol. The van der Waals surface area contributed by atoms with Gasteiger partial charge in [0.25, 0.3) is 5.91 Å². The second-order valence-corrected chi connectivity index (χ2v) is 8.20. The van der Waals surface area contributed by atoms with Gasteiger partial charge in [0.2, 0.25) is 17.7 Å². The Hall–Kier alpha value is -3.73. The average Bonchev–Trinajstić information content (AvgIpc) is 3.37. The fraction of sp³-hybridized carbons (Fsp3) is 0.391. The maximum atomic E-state index is 13.1. The molecule has 180 valence electrons. The Kier molecular flexibility index (Phi) is 7.21. The number of furan rings is 1. The number of anilines is 1. The van der Waals surface area contributed by atoms with E-state index in [0.29, 0.717) is 45.0 Å². The summed E-state index contributed by atoms with van der Waals surface area (Å²) < 4.78 is 18.2. The minimum absolute atomic E-state index is 0.0894. The van der Waals surface area contributed by atoms with Gasteiger partial charge in [-0.1, -0.05) is 0 Å². The first-order valence-electron chi connectivity index (χ1n) is 11.1. The number of carbonyl (C=O) groups excluding carboxylic acids is 4. The maximum absolute atomic E-state index is 13.1. The van der Waals surface area contributed by atoms with Crippen LogP contribution in [0.25, 0.3) is 0 Å². The van der Waals surface area contributed by atoms with Crippen LogP contribution in [0.3, 0.4) is 0 Å². The fourth-order valence-electron chi connectivity index (χ4n) is 4.08. The molecule has 1 aromatic heterocycles. The molecule has 1 aromatic carbocycles. The first kappa shape index (κ1) is 23.4. The molecule has 2 aromatic rings. The SMILES string of the molecule is O=C(CC1C(=O)NCCN1C(=O)CN1CCN(C(=O)c2ccco2)CC1)Nc1ccc(F)cc1. The van der Waals surface area contributed by atoms with Gasteiger partial charge in [-0.3, -0.25) is 24.1 Å². The molecule has 0 bridgehead atoms. The van der Waals surface area contributed by atoms with E-state index in [1.807, 2.05) is 4.90 Å². The number of hydrogen-bond donors (Lipinski definition) is 2. The van der Waals surface area contributed by atoms with Crippen molar-refractivity contribution in [3.63, 3.8) is 0 Å². The van der Waals surface area contributed by atoms with Gasteiger partial charge in [0.1, 0.15) is 11.9 Å². The average molecular weight is 471 g/mol. The molecule has 2 N–H and O–H groups in total. The summed E-state index contributed by atoms with van der Waals surface area (Å²) in [6.07, 6.45) is 1.24. The maximum Gasteiger partial charge on any atom is 0.289 e. The van der Waals surface area contributed by atoms with Crippen LogP contribution in [-0.2, 0) is 14.4 Å². The number of nitrogens with one attached hydrogen (secondary N) is 2. The lowest BCUT2D eigenvalue weighted by molar-refractivity contribution is -0.145. The van der Waals surface area contributed by atoms with Crippen molar-refractivity contribution in [3.8, 4) is 0 Å². The zero-order valence-electron chi connectivity index (χ0n) is 18.5. The van der Waals surface area contributed by atoms with Gasteiger partial charge in [-0.15, -0.1) is 0 Å². The van der Waals surface area contributed by atoms with Crippen LogP contribution in [0.1, 0.15) is 17.0 Å². The van der Waals surface area contributed by atoms with Gasteiger partial charge in [0, 0.05) is 45.0 Å². The summed E-state index contributed by atoms with van der Waals surface area (Å²) in [5.74, 6) is -1.41.